The Morgan fingerprint density at radius 2 is 2.00 bits per heavy atom. The molecule has 0 atom stereocenters. The van der Waals surface area contributed by atoms with Crippen LogP contribution in [0, 0.1) is 0 Å². The number of ether oxygens (including phenoxy) is 1. The Morgan fingerprint density at radius 1 is 1.25 bits per heavy atom. The molecule has 0 aromatic heterocycles. The lowest BCUT2D eigenvalue weighted by Gasteiger charge is -2.25. The van der Waals surface area contributed by atoms with Gasteiger partial charge in [0.2, 0.25) is 0 Å². The molecule has 0 aliphatic carbocycles. The molecule has 0 unspecified atom stereocenters. The lowest BCUT2D eigenvalue weighted by atomic mass is 10.3. The molecule has 0 radical (unpaired) electrons. The van der Waals surface area contributed by atoms with Gasteiger partial charge in [0.25, 0.3) is 0 Å². The van der Waals surface area contributed by atoms with E-state index in [0.29, 0.717) is 6.54 Å². The zero-order chi connectivity index (χ0) is 8.65. The molecule has 0 bridgehead atoms. The van der Waals surface area contributed by atoms with E-state index in [1.54, 1.807) is 0 Å². The van der Waals surface area contributed by atoms with Crippen LogP contribution in [0.5, 0.6) is 0 Å². The molecular formula is C9H18N2O. The van der Waals surface area contributed by atoms with Crippen LogP contribution in [0.25, 0.3) is 0 Å². The van der Waals surface area contributed by atoms with Gasteiger partial charge in [-0.05, 0) is 6.42 Å². The largest absolute Gasteiger partial charge is 0.379 e. The van der Waals surface area contributed by atoms with E-state index in [-0.39, 0.29) is 0 Å². The average Bonchev–Trinajstić information content (AvgIpc) is 2.14. The fourth-order valence-electron chi connectivity index (χ4n) is 1.30. The molecule has 1 aliphatic heterocycles. The second-order valence-electron chi connectivity index (χ2n) is 2.95. The Kier molecular flexibility index (Phi) is 4.99. The van der Waals surface area contributed by atoms with Crippen LogP contribution in [-0.4, -0.2) is 44.3 Å². The minimum absolute atomic E-state index is 0.656. The van der Waals surface area contributed by atoms with Crippen LogP contribution in [0.2, 0.25) is 0 Å². The van der Waals surface area contributed by atoms with Crippen LogP contribution >= 0.6 is 0 Å². The first-order chi connectivity index (χ1) is 5.93. The number of nitrogens with two attached hydrogens (primary N) is 1. The summed E-state index contributed by atoms with van der Waals surface area (Å²) < 4.78 is 5.25. The van der Waals surface area contributed by atoms with Gasteiger partial charge in [0, 0.05) is 26.2 Å². The van der Waals surface area contributed by atoms with Crippen LogP contribution in [0.3, 0.4) is 0 Å². The van der Waals surface area contributed by atoms with E-state index in [9.17, 15) is 0 Å². The topological polar surface area (TPSA) is 38.5 Å². The molecule has 1 aliphatic rings. The molecule has 3 nitrogen and oxygen atoms in total. The van der Waals surface area contributed by atoms with Crippen LogP contribution in [-0.2, 0) is 4.74 Å². The molecular weight excluding hydrogens is 152 g/mol. The third kappa shape index (κ3) is 3.85. The van der Waals surface area contributed by atoms with Gasteiger partial charge in [-0.1, -0.05) is 12.2 Å². The molecule has 70 valence electrons. The molecule has 3 heteroatoms. The molecule has 0 amide bonds. The maximum Gasteiger partial charge on any atom is 0.0594 e. The van der Waals surface area contributed by atoms with Crippen molar-refractivity contribution in [1.82, 2.24) is 4.90 Å². The lowest BCUT2D eigenvalue weighted by Crippen LogP contribution is -2.36. The molecule has 1 fully saturated rings. The molecule has 2 N–H and O–H groups in total. The molecule has 0 aromatic carbocycles. The summed E-state index contributed by atoms with van der Waals surface area (Å²) in [5, 5.41) is 0. The first-order valence-electron chi connectivity index (χ1n) is 4.58. The molecule has 0 aromatic rings. The Labute approximate surface area is 74.2 Å². The highest BCUT2D eigenvalue weighted by Gasteiger charge is 2.07. The summed E-state index contributed by atoms with van der Waals surface area (Å²) in [6, 6.07) is 0. The van der Waals surface area contributed by atoms with Crippen molar-refractivity contribution < 1.29 is 4.74 Å². The highest BCUT2D eigenvalue weighted by atomic mass is 16.5. The van der Waals surface area contributed by atoms with E-state index < -0.39 is 0 Å². The lowest BCUT2D eigenvalue weighted by molar-refractivity contribution is 0.0387. The summed E-state index contributed by atoms with van der Waals surface area (Å²) in [7, 11) is 0. The van der Waals surface area contributed by atoms with Gasteiger partial charge in [0.15, 0.2) is 0 Å². The Morgan fingerprint density at radius 3 is 2.67 bits per heavy atom. The van der Waals surface area contributed by atoms with Crippen LogP contribution in [0.15, 0.2) is 12.2 Å². The minimum atomic E-state index is 0.656. The van der Waals surface area contributed by atoms with Gasteiger partial charge in [-0.2, -0.15) is 0 Å². The van der Waals surface area contributed by atoms with Crippen molar-refractivity contribution in [2.24, 2.45) is 5.73 Å². The summed E-state index contributed by atoms with van der Waals surface area (Å²) in [6.45, 7) is 5.73. The summed E-state index contributed by atoms with van der Waals surface area (Å²) in [6.07, 6.45) is 5.27. The molecule has 1 rings (SSSR count). The first-order valence-corrected chi connectivity index (χ1v) is 4.58. The monoisotopic (exact) mass is 170 g/mol. The van der Waals surface area contributed by atoms with Gasteiger partial charge in [-0.25, -0.2) is 0 Å². The summed E-state index contributed by atoms with van der Waals surface area (Å²) >= 11 is 0. The second-order valence-corrected chi connectivity index (χ2v) is 2.95. The zero-order valence-electron chi connectivity index (χ0n) is 7.54. The highest BCUT2D eigenvalue weighted by Crippen LogP contribution is 1.97. The number of rotatable bonds is 4. The van der Waals surface area contributed by atoms with E-state index in [4.69, 9.17) is 10.5 Å². The third-order valence-electron chi connectivity index (χ3n) is 2.02. The number of hydrogen-bond donors (Lipinski definition) is 1. The van der Waals surface area contributed by atoms with E-state index in [0.717, 1.165) is 39.3 Å². The second kappa shape index (κ2) is 6.17. The van der Waals surface area contributed by atoms with Gasteiger partial charge < -0.3 is 10.5 Å². The van der Waals surface area contributed by atoms with Crippen molar-refractivity contribution in [3.63, 3.8) is 0 Å². The summed E-state index contributed by atoms with van der Waals surface area (Å²) in [5.41, 5.74) is 5.33. The quantitative estimate of drug-likeness (QED) is 0.614. The van der Waals surface area contributed by atoms with Crippen molar-refractivity contribution in [2.45, 2.75) is 6.42 Å². The number of hydrogen-bond acceptors (Lipinski definition) is 3. The van der Waals surface area contributed by atoms with Gasteiger partial charge in [-0.15, -0.1) is 0 Å². The normalized spacial score (nSPS) is 20.4. The Bertz CT molecular complexity index is 130. The van der Waals surface area contributed by atoms with Crippen LogP contribution < -0.4 is 5.73 Å². The zero-order valence-corrected chi connectivity index (χ0v) is 7.54. The van der Waals surface area contributed by atoms with Crippen molar-refractivity contribution >= 4 is 0 Å². The van der Waals surface area contributed by atoms with Crippen molar-refractivity contribution in [1.29, 1.82) is 0 Å². The van der Waals surface area contributed by atoms with E-state index in [1.807, 2.05) is 6.08 Å². The summed E-state index contributed by atoms with van der Waals surface area (Å²) in [4.78, 5) is 2.42. The Balaban J connectivity index is 2.01. The van der Waals surface area contributed by atoms with Gasteiger partial charge in [0.05, 0.1) is 13.2 Å². The smallest absolute Gasteiger partial charge is 0.0594 e. The molecule has 12 heavy (non-hydrogen) atoms. The van der Waals surface area contributed by atoms with E-state index >= 15 is 0 Å². The molecule has 1 saturated heterocycles. The maximum atomic E-state index is 5.33. The van der Waals surface area contributed by atoms with Gasteiger partial charge in [-0.3, -0.25) is 4.90 Å². The van der Waals surface area contributed by atoms with E-state index in [1.165, 1.54) is 0 Å². The molecule has 0 spiro atoms. The van der Waals surface area contributed by atoms with Crippen LogP contribution in [0.1, 0.15) is 6.42 Å². The maximum absolute atomic E-state index is 5.33. The fourth-order valence-corrected chi connectivity index (χ4v) is 1.30. The van der Waals surface area contributed by atoms with Gasteiger partial charge in [0.1, 0.15) is 0 Å². The van der Waals surface area contributed by atoms with Crippen molar-refractivity contribution in [3.05, 3.63) is 12.2 Å². The minimum Gasteiger partial charge on any atom is -0.379 e. The first kappa shape index (κ1) is 9.71. The predicted molar refractivity (Wildman–Crippen MR) is 50.1 cm³/mol. The van der Waals surface area contributed by atoms with Crippen LogP contribution in [0.4, 0.5) is 0 Å². The molecule has 0 saturated carbocycles. The van der Waals surface area contributed by atoms with E-state index in [2.05, 4.69) is 11.0 Å². The number of morpholine rings is 1. The highest BCUT2D eigenvalue weighted by molar-refractivity contribution is 4.83. The Hall–Kier alpha value is -0.380. The SMILES string of the molecule is NC/C=C/CCN1CCOCC1. The third-order valence-corrected chi connectivity index (χ3v) is 2.02. The van der Waals surface area contributed by atoms with Crippen molar-refractivity contribution in [3.8, 4) is 0 Å². The summed E-state index contributed by atoms with van der Waals surface area (Å²) in [5.74, 6) is 0. The number of nitrogens with zero attached hydrogens (tertiary/aromatic N) is 1. The predicted octanol–water partition coefficient (Wildman–Crippen LogP) is 0.224. The fraction of sp³-hybridized carbons (Fsp3) is 0.778. The van der Waals surface area contributed by atoms with Gasteiger partial charge >= 0.3 is 0 Å². The standard InChI is InChI=1S/C9H18N2O/c10-4-2-1-3-5-11-6-8-12-9-7-11/h1-2H,3-10H2/b2-1+. The van der Waals surface area contributed by atoms with Crippen molar-refractivity contribution in [2.75, 3.05) is 39.4 Å². The molecule has 1 heterocycles. The average molecular weight is 170 g/mol.